The SMILES string of the molecule is CCSCCOc1ccc(C#N)c(Cl)c1. The van der Waals surface area contributed by atoms with Crippen LogP contribution >= 0.6 is 23.4 Å². The van der Waals surface area contributed by atoms with Crippen molar-refractivity contribution in [1.82, 2.24) is 0 Å². The monoisotopic (exact) mass is 241 g/mol. The van der Waals surface area contributed by atoms with Crippen LogP contribution < -0.4 is 4.74 Å². The molecule has 0 aliphatic carbocycles. The molecule has 4 heteroatoms. The first-order valence-corrected chi connectivity index (χ1v) is 6.21. The predicted octanol–water partition coefficient (Wildman–Crippen LogP) is 3.34. The van der Waals surface area contributed by atoms with Crippen LogP contribution in [0, 0.1) is 11.3 Å². The third kappa shape index (κ3) is 4.03. The van der Waals surface area contributed by atoms with Gasteiger partial charge in [-0.2, -0.15) is 17.0 Å². The Hall–Kier alpha value is -0.850. The van der Waals surface area contributed by atoms with E-state index >= 15 is 0 Å². The van der Waals surface area contributed by atoms with Gasteiger partial charge in [-0.15, -0.1) is 0 Å². The van der Waals surface area contributed by atoms with Crippen LogP contribution in [0.3, 0.4) is 0 Å². The second kappa shape index (κ2) is 6.60. The van der Waals surface area contributed by atoms with Crippen molar-refractivity contribution in [1.29, 1.82) is 5.26 Å². The number of rotatable bonds is 5. The summed E-state index contributed by atoms with van der Waals surface area (Å²) < 4.78 is 5.47. The van der Waals surface area contributed by atoms with Gasteiger partial charge in [-0.3, -0.25) is 0 Å². The lowest BCUT2D eigenvalue weighted by Gasteiger charge is -2.06. The fourth-order valence-electron chi connectivity index (χ4n) is 1.04. The van der Waals surface area contributed by atoms with Crippen LogP contribution in [-0.4, -0.2) is 18.1 Å². The maximum Gasteiger partial charge on any atom is 0.120 e. The van der Waals surface area contributed by atoms with Gasteiger partial charge in [0.2, 0.25) is 0 Å². The van der Waals surface area contributed by atoms with Crippen molar-refractivity contribution in [2.45, 2.75) is 6.92 Å². The largest absolute Gasteiger partial charge is 0.493 e. The van der Waals surface area contributed by atoms with E-state index in [0.717, 1.165) is 17.3 Å². The molecule has 0 saturated carbocycles. The summed E-state index contributed by atoms with van der Waals surface area (Å²) in [5.74, 6) is 2.78. The molecule has 0 aromatic heterocycles. The Balaban J connectivity index is 2.49. The smallest absolute Gasteiger partial charge is 0.120 e. The molecule has 1 aromatic rings. The Bertz CT molecular complexity index is 362. The van der Waals surface area contributed by atoms with Gasteiger partial charge in [-0.1, -0.05) is 18.5 Å². The number of halogens is 1. The molecule has 15 heavy (non-hydrogen) atoms. The second-order valence-corrected chi connectivity index (χ2v) is 4.60. The molecule has 1 rings (SSSR count). The molecule has 0 aliphatic heterocycles. The summed E-state index contributed by atoms with van der Waals surface area (Å²) in [5.41, 5.74) is 0.479. The normalized spacial score (nSPS) is 9.67. The molecule has 0 atom stereocenters. The van der Waals surface area contributed by atoms with E-state index in [1.54, 1.807) is 18.2 Å². The molecule has 0 saturated heterocycles. The van der Waals surface area contributed by atoms with Crippen LogP contribution in [0.1, 0.15) is 12.5 Å². The fourth-order valence-corrected chi connectivity index (χ4v) is 1.74. The minimum Gasteiger partial charge on any atom is -0.493 e. The number of hydrogen-bond acceptors (Lipinski definition) is 3. The van der Waals surface area contributed by atoms with E-state index in [1.165, 1.54) is 0 Å². The summed E-state index contributed by atoms with van der Waals surface area (Å²) in [7, 11) is 0. The van der Waals surface area contributed by atoms with Crippen molar-refractivity contribution < 1.29 is 4.74 Å². The van der Waals surface area contributed by atoms with Crippen molar-refractivity contribution in [3.63, 3.8) is 0 Å². The summed E-state index contributed by atoms with van der Waals surface area (Å²) in [6, 6.07) is 7.12. The number of nitriles is 1. The third-order valence-electron chi connectivity index (χ3n) is 1.76. The van der Waals surface area contributed by atoms with Gasteiger partial charge < -0.3 is 4.74 Å². The van der Waals surface area contributed by atoms with Gasteiger partial charge in [0.15, 0.2) is 0 Å². The molecule has 0 heterocycles. The lowest BCUT2D eigenvalue weighted by atomic mass is 10.2. The molecule has 1 aromatic carbocycles. The molecule has 0 unspecified atom stereocenters. The van der Waals surface area contributed by atoms with Gasteiger partial charge in [0.25, 0.3) is 0 Å². The quantitative estimate of drug-likeness (QED) is 0.742. The average molecular weight is 242 g/mol. The first kappa shape index (κ1) is 12.2. The van der Waals surface area contributed by atoms with Crippen molar-refractivity contribution in [2.75, 3.05) is 18.1 Å². The van der Waals surface area contributed by atoms with Gasteiger partial charge in [-0.05, 0) is 17.9 Å². The molecule has 0 N–H and O–H groups in total. The van der Waals surface area contributed by atoms with Crippen LogP contribution in [0.15, 0.2) is 18.2 Å². The van der Waals surface area contributed by atoms with E-state index in [1.807, 2.05) is 17.8 Å². The zero-order chi connectivity index (χ0) is 11.1. The molecular weight excluding hydrogens is 230 g/mol. The number of ether oxygens (including phenoxy) is 1. The van der Waals surface area contributed by atoms with E-state index in [-0.39, 0.29) is 0 Å². The maximum atomic E-state index is 8.68. The molecule has 80 valence electrons. The van der Waals surface area contributed by atoms with Gasteiger partial charge in [0.05, 0.1) is 17.2 Å². The summed E-state index contributed by atoms with van der Waals surface area (Å²) in [5, 5.41) is 9.12. The molecule has 0 radical (unpaired) electrons. The predicted molar refractivity (Wildman–Crippen MR) is 64.7 cm³/mol. The molecule has 0 spiro atoms. The first-order chi connectivity index (χ1) is 7.27. The van der Waals surface area contributed by atoms with E-state index in [2.05, 4.69) is 6.92 Å². The lowest BCUT2D eigenvalue weighted by molar-refractivity contribution is 0.344. The highest BCUT2D eigenvalue weighted by Gasteiger charge is 2.01. The van der Waals surface area contributed by atoms with E-state index in [0.29, 0.717) is 17.2 Å². The van der Waals surface area contributed by atoms with E-state index < -0.39 is 0 Å². The van der Waals surface area contributed by atoms with Gasteiger partial charge in [0, 0.05) is 11.8 Å². The Kier molecular flexibility index (Phi) is 5.38. The Morgan fingerprint density at radius 2 is 2.33 bits per heavy atom. The van der Waals surface area contributed by atoms with Gasteiger partial charge >= 0.3 is 0 Å². The van der Waals surface area contributed by atoms with Crippen molar-refractivity contribution >= 4 is 23.4 Å². The maximum absolute atomic E-state index is 8.68. The Labute approximate surface area is 99.2 Å². The number of thioether (sulfide) groups is 1. The molecular formula is C11H12ClNOS. The van der Waals surface area contributed by atoms with Crippen molar-refractivity contribution in [3.8, 4) is 11.8 Å². The van der Waals surface area contributed by atoms with Crippen LogP contribution in [-0.2, 0) is 0 Å². The standard InChI is InChI=1S/C11H12ClNOS/c1-2-15-6-5-14-10-4-3-9(8-13)11(12)7-10/h3-4,7H,2,5-6H2,1H3. The number of benzene rings is 1. The molecule has 0 amide bonds. The average Bonchev–Trinajstić information content (AvgIpc) is 2.25. The summed E-state index contributed by atoms with van der Waals surface area (Å²) >= 11 is 7.69. The van der Waals surface area contributed by atoms with Crippen LogP contribution in [0.5, 0.6) is 5.75 Å². The highest BCUT2D eigenvalue weighted by atomic mass is 35.5. The van der Waals surface area contributed by atoms with Gasteiger partial charge in [-0.25, -0.2) is 0 Å². The van der Waals surface area contributed by atoms with Crippen molar-refractivity contribution in [2.24, 2.45) is 0 Å². The minimum absolute atomic E-state index is 0.443. The molecule has 0 aliphatic rings. The lowest BCUT2D eigenvalue weighted by Crippen LogP contribution is -2.00. The van der Waals surface area contributed by atoms with Crippen molar-refractivity contribution in [3.05, 3.63) is 28.8 Å². The van der Waals surface area contributed by atoms with Crippen LogP contribution in [0.4, 0.5) is 0 Å². The second-order valence-electron chi connectivity index (χ2n) is 2.80. The highest BCUT2D eigenvalue weighted by Crippen LogP contribution is 2.21. The Morgan fingerprint density at radius 3 is 2.93 bits per heavy atom. The summed E-state index contributed by atoms with van der Waals surface area (Å²) in [6.45, 7) is 2.78. The summed E-state index contributed by atoms with van der Waals surface area (Å²) in [6.07, 6.45) is 0. The zero-order valence-corrected chi connectivity index (χ0v) is 10.1. The van der Waals surface area contributed by atoms with E-state index in [9.17, 15) is 0 Å². The van der Waals surface area contributed by atoms with E-state index in [4.69, 9.17) is 21.6 Å². The van der Waals surface area contributed by atoms with Gasteiger partial charge in [0.1, 0.15) is 11.8 Å². The molecule has 0 fully saturated rings. The molecule has 0 bridgehead atoms. The first-order valence-electron chi connectivity index (χ1n) is 4.68. The zero-order valence-electron chi connectivity index (χ0n) is 8.50. The third-order valence-corrected chi connectivity index (χ3v) is 2.94. The molecule has 2 nitrogen and oxygen atoms in total. The summed E-state index contributed by atoms with van der Waals surface area (Å²) in [4.78, 5) is 0. The topological polar surface area (TPSA) is 33.0 Å². The van der Waals surface area contributed by atoms with Crippen LogP contribution in [0.2, 0.25) is 5.02 Å². The highest BCUT2D eigenvalue weighted by molar-refractivity contribution is 7.99. The fraction of sp³-hybridized carbons (Fsp3) is 0.364. The Morgan fingerprint density at radius 1 is 1.53 bits per heavy atom. The number of nitrogens with zero attached hydrogens (tertiary/aromatic N) is 1. The van der Waals surface area contributed by atoms with Crippen LogP contribution in [0.25, 0.3) is 0 Å². The minimum atomic E-state index is 0.443. The number of hydrogen-bond donors (Lipinski definition) is 0.